The molecule has 0 spiro atoms. The third-order valence-electron chi connectivity index (χ3n) is 3.15. The Morgan fingerprint density at radius 2 is 2.04 bits per heavy atom. The maximum atomic E-state index is 5.89. The SMILES string of the molecule is CCCCCCN=C(N)Nc1nc(-c2ccc(CN)s2)cs1.Cl.Cl. The Balaban J connectivity index is 0.00000264. The van der Waals surface area contributed by atoms with Crippen LogP contribution in [0.15, 0.2) is 22.5 Å². The number of anilines is 1. The van der Waals surface area contributed by atoms with Crippen molar-refractivity contribution < 1.29 is 0 Å². The van der Waals surface area contributed by atoms with E-state index >= 15 is 0 Å². The molecule has 5 nitrogen and oxygen atoms in total. The lowest BCUT2D eigenvalue weighted by Gasteiger charge is -2.01. The van der Waals surface area contributed by atoms with Crippen LogP contribution < -0.4 is 16.8 Å². The highest BCUT2D eigenvalue weighted by atomic mass is 35.5. The molecule has 0 unspecified atom stereocenters. The number of hydrogen-bond acceptors (Lipinski definition) is 5. The minimum Gasteiger partial charge on any atom is -0.370 e. The first-order valence-electron chi connectivity index (χ1n) is 7.54. The molecule has 0 fully saturated rings. The molecular formula is C15H25Cl2N5S2. The summed E-state index contributed by atoms with van der Waals surface area (Å²) in [5, 5.41) is 5.85. The van der Waals surface area contributed by atoms with Crippen molar-refractivity contribution in [2.75, 3.05) is 11.9 Å². The molecule has 0 aromatic carbocycles. The number of unbranched alkanes of at least 4 members (excludes halogenated alkanes) is 3. The number of halogens is 2. The Bertz CT molecular complexity index is 613. The van der Waals surface area contributed by atoms with Gasteiger partial charge in [-0.1, -0.05) is 26.2 Å². The van der Waals surface area contributed by atoms with E-state index in [0.717, 1.165) is 33.5 Å². The molecule has 9 heteroatoms. The number of thiazole rings is 1. The van der Waals surface area contributed by atoms with Gasteiger partial charge < -0.3 is 16.8 Å². The first kappa shape index (κ1) is 23.1. The highest BCUT2D eigenvalue weighted by Gasteiger charge is 2.07. The monoisotopic (exact) mass is 409 g/mol. The van der Waals surface area contributed by atoms with Crippen LogP contribution in [-0.4, -0.2) is 17.5 Å². The van der Waals surface area contributed by atoms with E-state index in [1.807, 2.05) is 11.4 Å². The first-order valence-corrected chi connectivity index (χ1v) is 9.24. The minimum absolute atomic E-state index is 0. The molecule has 0 aliphatic heterocycles. The number of hydrogen-bond donors (Lipinski definition) is 3. The number of thiophene rings is 1. The lowest BCUT2D eigenvalue weighted by molar-refractivity contribution is 0.675. The molecule has 24 heavy (non-hydrogen) atoms. The van der Waals surface area contributed by atoms with E-state index in [-0.39, 0.29) is 24.8 Å². The topological polar surface area (TPSA) is 89.3 Å². The van der Waals surface area contributed by atoms with Crippen LogP contribution >= 0.6 is 47.5 Å². The van der Waals surface area contributed by atoms with Crippen LogP contribution in [0.3, 0.4) is 0 Å². The largest absolute Gasteiger partial charge is 0.370 e. The Hall–Kier alpha value is -0.860. The summed E-state index contributed by atoms with van der Waals surface area (Å²) in [4.78, 5) is 11.2. The van der Waals surface area contributed by atoms with E-state index in [9.17, 15) is 0 Å². The van der Waals surface area contributed by atoms with Gasteiger partial charge in [0.2, 0.25) is 0 Å². The van der Waals surface area contributed by atoms with E-state index in [0.29, 0.717) is 12.5 Å². The maximum Gasteiger partial charge on any atom is 0.194 e. The first-order chi connectivity index (χ1) is 10.7. The fourth-order valence-electron chi connectivity index (χ4n) is 1.96. The molecule has 0 saturated heterocycles. The normalized spacial score (nSPS) is 10.8. The van der Waals surface area contributed by atoms with E-state index in [2.05, 4.69) is 28.3 Å². The zero-order valence-electron chi connectivity index (χ0n) is 13.7. The average molecular weight is 410 g/mol. The smallest absolute Gasteiger partial charge is 0.194 e. The Morgan fingerprint density at radius 3 is 2.71 bits per heavy atom. The number of guanidine groups is 1. The Kier molecular flexibility index (Phi) is 12.0. The molecule has 0 amide bonds. The van der Waals surface area contributed by atoms with Crippen LogP contribution in [0.4, 0.5) is 5.13 Å². The predicted molar refractivity (Wildman–Crippen MR) is 112 cm³/mol. The summed E-state index contributed by atoms with van der Waals surface area (Å²) in [5.41, 5.74) is 12.5. The predicted octanol–water partition coefficient (Wildman–Crippen LogP) is 4.48. The molecule has 0 radical (unpaired) electrons. The van der Waals surface area contributed by atoms with E-state index in [1.165, 1.54) is 30.6 Å². The molecule has 2 aromatic rings. The second-order valence-electron chi connectivity index (χ2n) is 4.96. The fraction of sp³-hybridized carbons (Fsp3) is 0.467. The number of rotatable bonds is 8. The molecule has 0 aliphatic rings. The highest BCUT2D eigenvalue weighted by Crippen LogP contribution is 2.30. The van der Waals surface area contributed by atoms with Gasteiger partial charge >= 0.3 is 0 Å². The van der Waals surface area contributed by atoms with Crippen LogP contribution in [-0.2, 0) is 6.54 Å². The Labute approximate surface area is 163 Å². The van der Waals surface area contributed by atoms with Gasteiger partial charge in [0, 0.05) is 23.3 Å². The Morgan fingerprint density at radius 1 is 1.25 bits per heavy atom. The molecule has 0 atom stereocenters. The second-order valence-corrected chi connectivity index (χ2v) is 6.99. The van der Waals surface area contributed by atoms with Crippen molar-refractivity contribution in [3.05, 3.63) is 22.4 Å². The number of aliphatic imine (C=N–C) groups is 1. The molecule has 136 valence electrons. The molecule has 5 N–H and O–H groups in total. The lowest BCUT2D eigenvalue weighted by Crippen LogP contribution is -2.22. The fourth-order valence-corrected chi connectivity index (χ4v) is 3.60. The molecule has 0 aliphatic carbocycles. The standard InChI is InChI=1S/C15H23N5S2.2ClH/c1-2-3-4-5-8-18-14(17)20-15-19-12(10-21-15)13-7-6-11(9-16)22-13;;/h6-7,10H,2-5,8-9,16H2,1H3,(H3,17,18,19,20);2*1H. The van der Waals surface area contributed by atoms with Gasteiger partial charge in [-0.2, -0.15) is 0 Å². The molecule has 2 heterocycles. The minimum atomic E-state index is 0. The summed E-state index contributed by atoms with van der Waals surface area (Å²) < 4.78 is 0. The van der Waals surface area contributed by atoms with Crippen LogP contribution in [0.5, 0.6) is 0 Å². The maximum absolute atomic E-state index is 5.89. The third-order valence-corrected chi connectivity index (χ3v) is 5.04. The van der Waals surface area contributed by atoms with Crippen LogP contribution in [0, 0.1) is 0 Å². The van der Waals surface area contributed by atoms with Gasteiger partial charge in [-0.3, -0.25) is 4.99 Å². The number of nitrogens with zero attached hydrogens (tertiary/aromatic N) is 2. The lowest BCUT2D eigenvalue weighted by atomic mass is 10.2. The summed E-state index contributed by atoms with van der Waals surface area (Å²) in [5.74, 6) is 0.436. The van der Waals surface area contributed by atoms with Gasteiger partial charge in [0.15, 0.2) is 11.1 Å². The summed E-state index contributed by atoms with van der Waals surface area (Å²) in [6.45, 7) is 3.53. The van der Waals surface area contributed by atoms with Crippen molar-refractivity contribution >= 4 is 58.6 Å². The second kappa shape index (κ2) is 12.5. The van der Waals surface area contributed by atoms with E-state index in [4.69, 9.17) is 11.5 Å². The van der Waals surface area contributed by atoms with Gasteiger partial charge in [-0.05, 0) is 18.6 Å². The summed E-state index contributed by atoms with van der Waals surface area (Å²) in [6.07, 6.45) is 4.77. The number of aromatic nitrogens is 1. The van der Waals surface area contributed by atoms with Crippen molar-refractivity contribution in [1.82, 2.24) is 4.98 Å². The van der Waals surface area contributed by atoms with Crippen LogP contribution in [0.25, 0.3) is 10.6 Å². The zero-order valence-corrected chi connectivity index (χ0v) is 16.9. The van der Waals surface area contributed by atoms with Crippen molar-refractivity contribution in [3.63, 3.8) is 0 Å². The summed E-state index contributed by atoms with van der Waals surface area (Å²) >= 11 is 3.20. The van der Waals surface area contributed by atoms with Crippen molar-refractivity contribution in [2.45, 2.75) is 39.2 Å². The summed E-state index contributed by atoms with van der Waals surface area (Å²) in [6, 6.07) is 4.09. The number of nitrogens with one attached hydrogen (secondary N) is 1. The van der Waals surface area contributed by atoms with Gasteiger partial charge in [0.05, 0.1) is 10.6 Å². The third kappa shape index (κ3) is 7.36. The molecule has 0 bridgehead atoms. The van der Waals surface area contributed by atoms with Crippen molar-refractivity contribution in [3.8, 4) is 10.6 Å². The number of nitrogens with two attached hydrogens (primary N) is 2. The summed E-state index contributed by atoms with van der Waals surface area (Å²) in [7, 11) is 0. The van der Waals surface area contributed by atoms with E-state index in [1.54, 1.807) is 11.3 Å². The van der Waals surface area contributed by atoms with Crippen molar-refractivity contribution in [1.29, 1.82) is 0 Å². The van der Waals surface area contributed by atoms with Crippen LogP contribution in [0.2, 0.25) is 0 Å². The molecule has 0 saturated carbocycles. The van der Waals surface area contributed by atoms with Gasteiger partial charge in [0.1, 0.15) is 0 Å². The van der Waals surface area contributed by atoms with Gasteiger partial charge in [0.25, 0.3) is 0 Å². The highest BCUT2D eigenvalue weighted by molar-refractivity contribution is 7.17. The van der Waals surface area contributed by atoms with Gasteiger partial charge in [-0.25, -0.2) is 4.98 Å². The van der Waals surface area contributed by atoms with Gasteiger partial charge in [-0.15, -0.1) is 47.5 Å². The zero-order chi connectivity index (χ0) is 15.8. The molecule has 2 aromatic heterocycles. The quantitative estimate of drug-likeness (QED) is 0.340. The van der Waals surface area contributed by atoms with E-state index < -0.39 is 0 Å². The average Bonchev–Trinajstić information content (AvgIpc) is 3.15. The van der Waals surface area contributed by atoms with Crippen LogP contribution in [0.1, 0.15) is 37.5 Å². The molecular weight excluding hydrogens is 385 g/mol. The molecule has 2 rings (SSSR count). The van der Waals surface area contributed by atoms with Crippen molar-refractivity contribution in [2.24, 2.45) is 16.5 Å².